The summed E-state index contributed by atoms with van der Waals surface area (Å²) in [6.45, 7) is 25.7. The third-order valence-corrected chi connectivity index (χ3v) is 14.7. The highest BCUT2D eigenvalue weighted by atomic mass is 16.7. The molecule has 1 amide bonds. The Labute approximate surface area is 382 Å². The quantitative estimate of drug-likeness (QED) is 0.167. The van der Waals surface area contributed by atoms with Crippen molar-refractivity contribution in [3.05, 3.63) is 47.0 Å². The van der Waals surface area contributed by atoms with E-state index < -0.39 is 124 Å². The highest BCUT2D eigenvalue weighted by Crippen LogP contribution is 2.68. The molecule has 1 aromatic rings. The van der Waals surface area contributed by atoms with Crippen LogP contribution in [0.25, 0.3) is 0 Å². The summed E-state index contributed by atoms with van der Waals surface area (Å²) in [5.74, 6) is -5.26. The molecule has 3 aliphatic heterocycles. The van der Waals surface area contributed by atoms with Crippen molar-refractivity contribution in [2.45, 2.75) is 200 Å². The van der Waals surface area contributed by atoms with E-state index in [4.69, 9.17) is 42.6 Å². The summed E-state index contributed by atoms with van der Waals surface area (Å²) in [5, 5.41) is 14.1. The minimum atomic E-state index is -2.17. The molecule has 16 heteroatoms. The van der Waals surface area contributed by atoms with E-state index >= 15 is 0 Å². The first-order valence-electron chi connectivity index (χ1n) is 22.8. The fraction of sp³-hybridized carbons (Fsp3) is 0.735. The van der Waals surface area contributed by atoms with Gasteiger partial charge < -0.3 is 47.7 Å². The van der Waals surface area contributed by atoms with Crippen molar-refractivity contribution in [3.63, 3.8) is 0 Å². The van der Waals surface area contributed by atoms with E-state index in [2.05, 4.69) is 0 Å². The van der Waals surface area contributed by atoms with Crippen LogP contribution in [-0.2, 0) is 57.0 Å². The highest BCUT2D eigenvalue weighted by Gasteiger charge is 2.80. The number of amides is 1. The van der Waals surface area contributed by atoms with Gasteiger partial charge in [0.1, 0.15) is 41.3 Å². The van der Waals surface area contributed by atoms with Gasteiger partial charge in [-0.3, -0.25) is 14.5 Å². The molecule has 12 atom stereocenters. The van der Waals surface area contributed by atoms with Crippen LogP contribution in [0.2, 0.25) is 0 Å². The molecule has 360 valence electrons. The fourth-order valence-corrected chi connectivity index (χ4v) is 12.0. The molecule has 5 fully saturated rings. The first kappa shape index (κ1) is 48.8. The molecule has 6 aliphatic rings. The average Bonchev–Trinajstić information content (AvgIpc) is 3.43. The van der Waals surface area contributed by atoms with Gasteiger partial charge in [0, 0.05) is 37.5 Å². The lowest BCUT2D eigenvalue weighted by molar-refractivity contribution is -0.430. The highest BCUT2D eigenvalue weighted by molar-refractivity contribution is 5.89. The second-order valence-electron chi connectivity index (χ2n) is 22.0. The molecule has 1 aromatic carbocycles. The molecule has 3 heterocycles. The summed E-state index contributed by atoms with van der Waals surface area (Å²) in [4.78, 5) is 71.6. The summed E-state index contributed by atoms with van der Waals surface area (Å²) in [5.41, 5.74) is -7.54. The Balaban J connectivity index is 1.44. The lowest BCUT2D eigenvalue weighted by atomic mass is 9.44. The minimum absolute atomic E-state index is 0.00940. The Hall–Kier alpha value is -4.09. The monoisotopic (exact) mass is 911 g/mol. The van der Waals surface area contributed by atoms with Crippen LogP contribution >= 0.6 is 0 Å². The van der Waals surface area contributed by atoms with E-state index in [1.165, 1.54) is 18.7 Å². The van der Waals surface area contributed by atoms with E-state index in [-0.39, 0.29) is 30.9 Å². The largest absolute Gasteiger partial charge is 0.456 e. The molecule has 2 bridgehead atoms. The van der Waals surface area contributed by atoms with E-state index in [1.807, 2.05) is 20.8 Å². The van der Waals surface area contributed by atoms with Gasteiger partial charge in [0.2, 0.25) is 0 Å². The molecule has 3 aliphatic carbocycles. The number of hydrogen-bond donors (Lipinski definition) is 1. The van der Waals surface area contributed by atoms with E-state index in [0.717, 1.165) is 0 Å². The molecule has 0 spiro atoms. The maximum Gasteiger partial charge on any atom is 0.412 e. The topological polar surface area (TPSA) is 192 Å². The van der Waals surface area contributed by atoms with Gasteiger partial charge in [-0.2, -0.15) is 0 Å². The van der Waals surface area contributed by atoms with Crippen molar-refractivity contribution in [2.24, 2.45) is 22.7 Å². The third kappa shape index (κ3) is 8.16. The van der Waals surface area contributed by atoms with Crippen LogP contribution in [0.15, 0.2) is 41.5 Å². The van der Waals surface area contributed by atoms with Crippen molar-refractivity contribution < 1.29 is 71.7 Å². The lowest BCUT2D eigenvalue weighted by Crippen LogP contribution is -2.84. The molecule has 3 saturated heterocycles. The number of rotatable bonds is 8. The Morgan fingerprint density at radius 1 is 0.877 bits per heavy atom. The van der Waals surface area contributed by atoms with Crippen LogP contribution in [0.1, 0.15) is 133 Å². The zero-order chi connectivity index (χ0) is 48.2. The molecule has 7 rings (SSSR count). The third-order valence-electron chi connectivity index (χ3n) is 14.7. The molecule has 65 heavy (non-hydrogen) atoms. The van der Waals surface area contributed by atoms with Gasteiger partial charge in [-0.05, 0) is 91.0 Å². The first-order chi connectivity index (χ1) is 29.9. The summed E-state index contributed by atoms with van der Waals surface area (Å²) < 4.78 is 58.2. The second-order valence-corrected chi connectivity index (χ2v) is 22.0. The number of fused-ring (bicyclic) bond motifs is 4. The molecular weight excluding hydrogens is 843 g/mol. The van der Waals surface area contributed by atoms with Crippen molar-refractivity contribution in [1.29, 1.82) is 0 Å². The molecular formula is C49H69NO15. The van der Waals surface area contributed by atoms with E-state index in [0.29, 0.717) is 17.6 Å². The number of nitrogens with zero attached hydrogens (tertiary/aromatic N) is 1. The van der Waals surface area contributed by atoms with E-state index in [1.54, 1.807) is 99.6 Å². The van der Waals surface area contributed by atoms with Crippen LogP contribution in [0.4, 0.5) is 4.79 Å². The van der Waals surface area contributed by atoms with Crippen molar-refractivity contribution >= 4 is 30.0 Å². The predicted octanol–water partition coefficient (Wildman–Crippen LogP) is 6.58. The van der Waals surface area contributed by atoms with Crippen LogP contribution in [0.3, 0.4) is 0 Å². The van der Waals surface area contributed by atoms with Gasteiger partial charge in [0.15, 0.2) is 23.6 Å². The Morgan fingerprint density at radius 2 is 1.52 bits per heavy atom. The number of carbonyl (C=O) groups is 5. The summed E-state index contributed by atoms with van der Waals surface area (Å²) >= 11 is 0. The standard InChI is InChI=1S/C49H69NO15/c1-25(2)21-30-35(63-45(11,12)50(30)42(55)65-43(6,7)8)41(54)59-31-23-49(56)39(60-40(53)29-19-17-16-18-20-29)37-47(15)32(22-33-48(37,24-57-33)61-28(5)52)62-46(13,14)64-38(47)36(58-27(4)51)34(26(31)3)44(49,9)10/h16-20,25,30-33,35-39,56H,21-24H2,1-15H3/t30-,31-,32-,33+,35+,36+,37-,38-,39-,47+,48-,49+/m0/s1. The van der Waals surface area contributed by atoms with Crippen LogP contribution < -0.4 is 0 Å². The molecule has 0 unspecified atom stereocenters. The summed E-state index contributed by atoms with van der Waals surface area (Å²) in [6.07, 6.45) is -8.31. The minimum Gasteiger partial charge on any atom is -0.456 e. The van der Waals surface area contributed by atoms with Gasteiger partial charge in [0.05, 0.1) is 30.2 Å². The number of hydrogen-bond acceptors (Lipinski definition) is 15. The number of aliphatic hydroxyl groups is 1. The van der Waals surface area contributed by atoms with Gasteiger partial charge in [-0.15, -0.1) is 0 Å². The molecule has 0 radical (unpaired) electrons. The molecule has 16 nitrogen and oxygen atoms in total. The predicted molar refractivity (Wildman–Crippen MR) is 232 cm³/mol. The number of ether oxygens (including phenoxy) is 9. The van der Waals surface area contributed by atoms with Crippen LogP contribution in [0, 0.1) is 22.7 Å². The lowest BCUT2D eigenvalue weighted by Gasteiger charge is -2.71. The van der Waals surface area contributed by atoms with E-state index in [9.17, 15) is 29.1 Å². The SMILES string of the molecule is CC(=O)O[C@@H]1C2=C(C)[C@@H](OC(=O)[C@@H]3OC(C)(C)N(C(=O)OC(C)(C)C)[C@H]3CC(C)C)C[C@@](O)([C@@H](OC(=O)c3ccccc3)[C@@H]3[C@]4(OC(C)=O)CO[C@@H]4C[C@@H]4OC(C)(C)O[C@@H]1[C@]43C)C2(C)C. The molecule has 1 N–H and O–H groups in total. The van der Waals surface area contributed by atoms with Gasteiger partial charge in [0.25, 0.3) is 0 Å². The maximum absolute atomic E-state index is 14.9. The first-order valence-corrected chi connectivity index (χ1v) is 22.8. The number of carbonyl (C=O) groups excluding carboxylic acids is 5. The Morgan fingerprint density at radius 3 is 2.08 bits per heavy atom. The average molecular weight is 912 g/mol. The van der Waals surface area contributed by atoms with Crippen molar-refractivity contribution in [1.82, 2.24) is 4.90 Å². The fourth-order valence-electron chi connectivity index (χ4n) is 12.0. The smallest absolute Gasteiger partial charge is 0.412 e. The van der Waals surface area contributed by atoms with Gasteiger partial charge >= 0.3 is 30.0 Å². The Kier molecular flexibility index (Phi) is 12.3. The summed E-state index contributed by atoms with van der Waals surface area (Å²) in [7, 11) is 0. The Bertz CT molecular complexity index is 2110. The zero-order valence-electron chi connectivity index (χ0n) is 40.6. The van der Waals surface area contributed by atoms with Crippen molar-refractivity contribution in [3.8, 4) is 0 Å². The van der Waals surface area contributed by atoms with Gasteiger partial charge in [-0.1, -0.05) is 52.8 Å². The van der Waals surface area contributed by atoms with Crippen LogP contribution in [-0.4, -0.2) is 124 Å². The molecule has 0 aromatic heterocycles. The summed E-state index contributed by atoms with van der Waals surface area (Å²) in [6, 6.07) is 7.52. The van der Waals surface area contributed by atoms with Crippen molar-refractivity contribution in [2.75, 3.05) is 6.61 Å². The zero-order valence-corrected chi connectivity index (χ0v) is 40.6. The number of esters is 4. The number of benzene rings is 1. The van der Waals surface area contributed by atoms with Gasteiger partial charge in [-0.25, -0.2) is 14.4 Å². The maximum atomic E-state index is 14.9. The molecule has 2 saturated carbocycles. The van der Waals surface area contributed by atoms with Crippen LogP contribution in [0.5, 0.6) is 0 Å². The normalized spacial score (nSPS) is 37.6. The second kappa shape index (κ2) is 16.3.